The van der Waals surface area contributed by atoms with Crippen LogP contribution >= 0.6 is 0 Å². The Hall–Kier alpha value is -1.06. The molecular weight excluding hydrogens is 627 g/mol. The fourth-order valence-corrected chi connectivity index (χ4v) is 12.6. The molecule has 0 fully saturated rings. The van der Waals surface area contributed by atoms with E-state index in [1.165, 1.54) is 99.5 Å². The summed E-state index contributed by atoms with van der Waals surface area (Å²) < 4.78 is 1.45. The molecule has 0 radical (unpaired) electrons. The minimum Gasteiger partial charge on any atom is -1.00 e. The average Bonchev–Trinajstić information content (AvgIpc) is 3.22. The summed E-state index contributed by atoms with van der Waals surface area (Å²) >= 11 is 2.31. The van der Waals surface area contributed by atoms with Gasteiger partial charge in [-0.3, -0.25) is 0 Å². The summed E-state index contributed by atoms with van der Waals surface area (Å²) in [6.07, 6.45) is 13.5. The molecule has 5 heteroatoms. The van der Waals surface area contributed by atoms with E-state index in [-0.39, 0.29) is 37.2 Å². The third-order valence-electron chi connectivity index (χ3n) is 8.70. The van der Waals surface area contributed by atoms with Gasteiger partial charge in [0.2, 0.25) is 0 Å². The summed E-state index contributed by atoms with van der Waals surface area (Å²) in [4.78, 5) is 0. The molecule has 4 rings (SSSR count). The number of allylic oxidation sites excluding steroid dienone is 4. The number of halogens is 3. The number of hydrogen-bond acceptors (Lipinski definition) is 0. The number of rotatable bonds is 13. The maximum absolute atomic E-state index is 2.51. The van der Waals surface area contributed by atoms with Crippen molar-refractivity contribution in [3.8, 4) is 0 Å². The van der Waals surface area contributed by atoms with E-state index in [1.54, 1.807) is 5.20 Å². The predicted molar refractivity (Wildman–Crippen MR) is 170 cm³/mol. The first-order valence-electron chi connectivity index (χ1n) is 15.4. The molecule has 1 aliphatic rings. The monoisotopic (exact) mass is 672 g/mol. The van der Waals surface area contributed by atoms with Gasteiger partial charge in [0, 0.05) is 0 Å². The fraction of sp³-hybridized carbons (Fsp3) is 0.405. The molecule has 0 aliphatic heterocycles. The summed E-state index contributed by atoms with van der Waals surface area (Å²) in [7, 11) is -2.49. The third-order valence-corrected chi connectivity index (χ3v) is 14.8. The summed E-state index contributed by atoms with van der Waals surface area (Å²) in [6.45, 7) is 11.7. The van der Waals surface area contributed by atoms with Crippen LogP contribution in [-0.2, 0) is 39.7 Å². The van der Waals surface area contributed by atoms with Gasteiger partial charge in [0.15, 0.2) is 0 Å². The maximum atomic E-state index is 2.51. The van der Waals surface area contributed by atoms with Crippen molar-refractivity contribution in [2.24, 2.45) is 5.92 Å². The fourth-order valence-electron chi connectivity index (χ4n) is 6.44. The van der Waals surface area contributed by atoms with Crippen LogP contribution in [0.3, 0.4) is 0 Å². The van der Waals surface area contributed by atoms with Crippen molar-refractivity contribution in [2.45, 2.75) is 92.4 Å². The molecule has 0 aromatic heterocycles. The molecule has 3 aromatic carbocycles. The molecule has 3 aromatic rings. The van der Waals surface area contributed by atoms with Gasteiger partial charge in [-0.2, -0.15) is 0 Å². The molecule has 1 aliphatic carbocycles. The summed E-state index contributed by atoms with van der Waals surface area (Å²) in [5.41, 5.74) is 5.91. The topological polar surface area (TPSA) is 0 Å². The van der Waals surface area contributed by atoms with Gasteiger partial charge in [0.1, 0.15) is 0 Å². The Morgan fingerprint density at radius 1 is 0.571 bits per heavy atom. The Balaban J connectivity index is 0.00000294. The van der Waals surface area contributed by atoms with Crippen LogP contribution < -0.4 is 52.8 Å². The van der Waals surface area contributed by atoms with E-state index < -0.39 is 8.07 Å². The average molecular weight is 674 g/mol. The van der Waals surface area contributed by atoms with Crippen LogP contribution in [0.15, 0.2) is 93.5 Å². The molecule has 0 saturated carbocycles. The molecule has 0 nitrogen and oxygen atoms in total. The Labute approximate surface area is 287 Å². The number of aryl methyl sites for hydroxylation is 3. The van der Waals surface area contributed by atoms with Crippen molar-refractivity contribution in [1.29, 1.82) is 0 Å². The zero-order valence-electron chi connectivity index (χ0n) is 26.1. The number of unbranched alkanes of at least 4 members (excludes halogenated alkanes) is 3. The van der Waals surface area contributed by atoms with Gasteiger partial charge in [0.25, 0.3) is 0 Å². The smallest absolute Gasteiger partial charge is 1.00 e. The van der Waals surface area contributed by atoms with E-state index >= 15 is 0 Å². The number of benzene rings is 3. The molecule has 0 bridgehead atoms. The molecule has 1 unspecified atom stereocenters. The predicted octanol–water partition coefficient (Wildman–Crippen LogP) is -0.867. The molecule has 0 saturated heterocycles. The van der Waals surface area contributed by atoms with E-state index in [0.29, 0.717) is 5.92 Å². The molecule has 0 amide bonds. The Morgan fingerprint density at radius 2 is 0.881 bits per heavy atom. The molecule has 0 spiro atoms. The third kappa shape index (κ3) is 8.56. The van der Waals surface area contributed by atoms with Gasteiger partial charge in [0.05, 0.1) is 0 Å². The van der Waals surface area contributed by atoms with Crippen molar-refractivity contribution in [3.63, 3.8) is 0 Å². The van der Waals surface area contributed by atoms with Crippen LogP contribution in [0, 0.1) is 5.92 Å². The van der Waals surface area contributed by atoms with Crippen molar-refractivity contribution in [1.82, 2.24) is 0 Å². The van der Waals surface area contributed by atoms with Crippen molar-refractivity contribution >= 4 is 23.6 Å². The van der Waals surface area contributed by atoms with Crippen LogP contribution in [-0.4, -0.2) is 8.07 Å². The quantitative estimate of drug-likeness (QED) is 0.164. The summed E-state index contributed by atoms with van der Waals surface area (Å²) in [5.74, 6) is 0.441. The van der Waals surface area contributed by atoms with Crippen LogP contribution in [0.2, 0.25) is 0 Å². The van der Waals surface area contributed by atoms with Gasteiger partial charge >= 0.3 is 253 Å². The molecule has 0 heterocycles. The van der Waals surface area contributed by atoms with Gasteiger partial charge in [-0.05, 0) is 0 Å². The minimum absolute atomic E-state index is 0. The van der Waals surface area contributed by atoms with Crippen LogP contribution in [0.1, 0.15) is 89.8 Å². The molecule has 224 valence electrons. The second-order valence-electron chi connectivity index (χ2n) is 11.6. The van der Waals surface area contributed by atoms with E-state index in [9.17, 15) is 0 Å². The van der Waals surface area contributed by atoms with Crippen molar-refractivity contribution in [2.75, 3.05) is 0 Å². The first-order valence-corrected chi connectivity index (χ1v) is 18.2. The molecule has 42 heavy (non-hydrogen) atoms. The second kappa shape index (κ2) is 18.7. The van der Waals surface area contributed by atoms with Crippen LogP contribution in [0.25, 0.3) is 0 Å². The second-order valence-corrected chi connectivity index (χ2v) is 16.2. The minimum atomic E-state index is -2.49. The standard InChI is InChI=1S/C37H47Si.3ClH.Ti/c1-6-9-12-31-17-23-34(24-18-31)38(37-29(4)15-16-30(37)5,35-25-19-32(20-26-35)13-10-7-2)36-27-21-33(22-28-36)14-11-8-3;;;;/h15,17-29H,6-14H2,1-5H3;3*1H;/q;;;;+3/p-3. The van der Waals surface area contributed by atoms with E-state index in [4.69, 9.17) is 0 Å². The van der Waals surface area contributed by atoms with Gasteiger partial charge in [-0.1, -0.05) is 0 Å². The van der Waals surface area contributed by atoms with Crippen molar-refractivity contribution < 1.29 is 57.7 Å². The Morgan fingerprint density at radius 3 is 1.12 bits per heavy atom. The van der Waals surface area contributed by atoms with Crippen molar-refractivity contribution in [3.05, 3.63) is 110 Å². The molecule has 0 N–H and O–H groups in total. The van der Waals surface area contributed by atoms with Crippen LogP contribution in [0.4, 0.5) is 0 Å². The largest absolute Gasteiger partial charge is 1.00 e. The first-order chi connectivity index (χ1) is 18.9. The van der Waals surface area contributed by atoms with Gasteiger partial charge < -0.3 is 37.2 Å². The van der Waals surface area contributed by atoms with E-state index in [1.807, 2.05) is 0 Å². The van der Waals surface area contributed by atoms with Crippen LogP contribution in [0.5, 0.6) is 0 Å². The Bertz CT molecular complexity index is 1150. The number of hydrogen-bond donors (Lipinski definition) is 0. The normalized spacial score (nSPS) is 14.5. The van der Waals surface area contributed by atoms with Gasteiger partial charge in [-0.15, -0.1) is 0 Å². The first kappa shape index (κ1) is 39.0. The zero-order valence-corrected chi connectivity index (χ0v) is 30.9. The maximum Gasteiger partial charge on any atom is -1.00 e. The molecular formula is C37H47Cl3SiTi. The Kier molecular flexibility index (Phi) is 17.3. The van der Waals surface area contributed by atoms with E-state index in [2.05, 4.69) is 134 Å². The summed E-state index contributed by atoms with van der Waals surface area (Å²) in [6, 6.07) is 29.5. The van der Waals surface area contributed by atoms with Gasteiger partial charge in [-0.25, -0.2) is 0 Å². The SMILES string of the molecule is CCCCc1ccc([Si](C2=C(C)[C]([Ti+3])=CC2C)(c2ccc(CCCC)cc2)c2ccc(CCCC)cc2)cc1.[Cl-].[Cl-].[Cl-]. The zero-order chi connectivity index (χ0) is 27.8. The summed E-state index contributed by atoms with van der Waals surface area (Å²) in [5, 5.41) is 6.24. The molecule has 1 atom stereocenters. The van der Waals surface area contributed by atoms with E-state index in [0.717, 1.165) is 0 Å².